The molecule has 4 N–H and O–H groups in total. The molecule has 8 heteroatoms. The van der Waals surface area contributed by atoms with Crippen molar-refractivity contribution in [3.05, 3.63) is 52.4 Å². The Bertz CT molecular complexity index is 1070. The molecule has 2 aliphatic rings. The summed E-state index contributed by atoms with van der Waals surface area (Å²) in [6, 6.07) is 7.15. The number of anilines is 1. The lowest BCUT2D eigenvalue weighted by molar-refractivity contribution is -0.0689. The number of fused-ring (bicyclic) bond motifs is 2. The van der Waals surface area contributed by atoms with Crippen molar-refractivity contribution in [2.24, 2.45) is 11.3 Å². The predicted octanol–water partition coefficient (Wildman–Crippen LogP) is 3.24. The van der Waals surface area contributed by atoms with Gasteiger partial charge >= 0.3 is 0 Å². The van der Waals surface area contributed by atoms with Crippen LogP contribution in [0.5, 0.6) is 0 Å². The van der Waals surface area contributed by atoms with Crippen molar-refractivity contribution in [2.45, 2.75) is 37.5 Å². The van der Waals surface area contributed by atoms with Crippen molar-refractivity contribution in [1.29, 1.82) is 0 Å². The fourth-order valence-corrected chi connectivity index (χ4v) is 5.59. The van der Waals surface area contributed by atoms with E-state index in [0.29, 0.717) is 27.9 Å². The van der Waals surface area contributed by atoms with E-state index in [4.69, 9.17) is 28.9 Å². The zero-order valence-corrected chi connectivity index (χ0v) is 16.5. The molecule has 0 aliphatic heterocycles. The number of nitrogens with zero attached hydrogens (tertiary/aromatic N) is 3. The summed E-state index contributed by atoms with van der Waals surface area (Å²) in [7, 11) is 0. The third-order valence-electron chi connectivity index (χ3n) is 6.71. The molecule has 5 atom stereocenters. The van der Waals surface area contributed by atoms with Gasteiger partial charge in [-0.25, -0.2) is 9.97 Å². The smallest absolute Gasteiger partial charge is 0.145 e. The van der Waals surface area contributed by atoms with Crippen LogP contribution in [0.4, 0.5) is 5.82 Å². The molecule has 0 amide bonds. The molecule has 0 bridgehead atoms. The second kappa shape index (κ2) is 6.32. The van der Waals surface area contributed by atoms with Crippen LogP contribution in [-0.2, 0) is 6.42 Å². The lowest BCUT2D eigenvalue weighted by Gasteiger charge is -2.48. The van der Waals surface area contributed by atoms with Gasteiger partial charge in [-0.2, -0.15) is 0 Å². The first kappa shape index (κ1) is 18.2. The quantitative estimate of drug-likeness (QED) is 0.606. The number of nitrogen functional groups attached to an aromatic ring is 1. The Labute approximate surface area is 171 Å². The average molecular weight is 419 g/mol. The number of aromatic nitrogens is 3. The largest absolute Gasteiger partial charge is 0.390 e. The Morgan fingerprint density at radius 2 is 2.00 bits per heavy atom. The minimum absolute atomic E-state index is 0.124. The van der Waals surface area contributed by atoms with Crippen molar-refractivity contribution >= 4 is 40.1 Å². The highest BCUT2D eigenvalue weighted by Gasteiger charge is 2.64. The maximum absolute atomic E-state index is 11.0. The van der Waals surface area contributed by atoms with Crippen molar-refractivity contribution in [1.82, 2.24) is 14.5 Å². The van der Waals surface area contributed by atoms with E-state index in [0.717, 1.165) is 23.8 Å². The molecule has 1 aromatic carbocycles. The van der Waals surface area contributed by atoms with Crippen molar-refractivity contribution in [3.8, 4) is 0 Å². The van der Waals surface area contributed by atoms with Gasteiger partial charge in [0.15, 0.2) is 0 Å². The van der Waals surface area contributed by atoms with Crippen LogP contribution < -0.4 is 5.73 Å². The first-order valence-electron chi connectivity index (χ1n) is 9.29. The Balaban J connectivity index is 1.54. The molecule has 0 radical (unpaired) electrons. The van der Waals surface area contributed by atoms with Gasteiger partial charge in [0.2, 0.25) is 0 Å². The Morgan fingerprint density at radius 3 is 2.71 bits per heavy atom. The van der Waals surface area contributed by atoms with Crippen LogP contribution >= 0.6 is 23.2 Å². The molecule has 2 heterocycles. The Kier molecular flexibility index (Phi) is 4.11. The molecule has 2 saturated carbocycles. The van der Waals surface area contributed by atoms with Gasteiger partial charge in [0.25, 0.3) is 0 Å². The summed E-state index contributed by atoms with van der Waals surface area (Å²) >= 11 is 12.2. The average Bonchev–Trinajstić information content (AvgIpc) is 3.14. The first-order chi connectivity index (χ1) is 13.4. The van der Waals surface area contributed by atoms with Crippen LogP contribution in [0.2, 0.25) is 10.0 Å². The monoisotopic (exact) mass is 418 g/mol. The van der Waals surface area contributed by atoms with E-state index in [-0.39, 0.29) is 12.0 Å². The number of aliphatic hydroxyl groups excluding tert-OH is 2. The maximum Gasteiger partial charge on any atom is 0.145 e. The summed E-state index contributed by atoms with van der Waals surface area (Å²) in [5.41, 5.74) is 7.26. The second-order valence-electron chi connectivity index (χ2n) is 7.95. The lowest BCUT2D eigenvalue weighted by atomic mass is 9.57. The highest BCUT2D eigenvalue weighted by atomic mass is 35.5. The second-order valence-corrected chi connectivity index (χ2v) is 8.76. The number of aliphatic hydroxyl groups is 2. The zero-order chi connectivity index (χ0) is 19.6. The van der Waals surface area contributed by atoms with E-state index < -0.39 is 17.6 Å². The van der Waals surface area contributed by atoms with Gasteiger partial charge in [0.1, 0.15) is 23.9 Å². The molecule has 0 unspecified atom stereocenters. The maximum atomic E-state index is 11.0. The number of nitrogens with two attached hydrogens (primary N) is 1. The van der Waals surface area contributed by atoms with E-state index >= 15 is 0 Å². The standard InChI is InChI=1S/C20H20Cl2N4O2/c21-13-2-1-10(7-14(13)22)8-20-5-3-12(20)15(16(27)17(20)28)26-6-4-11-18(23)24-9-25-19(11)26/h1-2,4,6-7,9,12,15-17,27-28H,3,5,8H2,(H2,23,24,25)/t12-,15-,16+,17+,20+/m1/s1. The van der Waals surface area contributed by atoms with Gasteiger partial charge in [-0.15, -0.1) is 0 Å². The molecule has 2 aliphatic carbocycles. The number of hydrogen-bond acceptors (Lipinski definition) is 5. The van der Waals surface area contributed by atoms with Gasteiger partial charge in [0.05, 0.1) is 27.6 Å². The molecule has 2 aromatic heterocycles. The van der Waals surface area contributed by atoms with Gasteiger partial charge in [-0.1, -0.05) is 29.3 Å². The molecule has 2 fully saturated rings. The van der Waals surface area contributed by atoms with Crippen molar-refractivity contribution < 1.29 is 10.2 Å². The Morgan fingerprint density at radius 1 is 1.18 bits per heavy atom. The SMILES string of the molecule is Nc1ncnc2c1ccn2[C@H]1[C@H](O)[C@H](O)[C@]2(Cc3ccc(Cl)c(Cl)c3)CC[C@H]12. The van der Waals surface area contributed by atoms with Crippen molar-refractivity contribution in [3.63, 3.8) is 0 Å². The van der Waals surface area contributed by atoms with Gasteiger partial charge in [-0.05, 0) is 48.9 Å². The van der Waals surface area contributed by atoms with E-state index in [1.165, 1.54) is 6.33 Å². The summed E-state index contributed by atoms with van der Waals surface area (Å²) < 4.78 is 1.95. The summed E-state index contributed by atoms with van der Waals surface area (Å²) in [6.45, 7) is 0. The first-order valence-corrected chi connectivity index (χ1v) is 10.0. The normalized spacial score (nSPS) is 31.7. The van der Waals surface area contributed by atoms with Crippen molar-refractivity contribution in [2.75, 3.05) is 5.73 Å². The summed E-state index contributed by atoms with van der Waals surface area (Å²) in [5.74, 6) is 0.534. The molecule has 146 valence electrons. The topological polar surface area (TPSA) is 97.2 Å². The molecule has 5 rings (SSSR count). The van der Waals surface area contributed by atoms with E-state index in [2.05, 4.69) is 9.97 Å². The summed E-state index contributed by atoms with van der Waals surface area (Å²) in [4.78, 5) is 8.40. The molecule has 0 spiro atoms. The fraction of sp³-hybridized carbons (Fsp3) is 0.400. The predicted molar refractivity (Wildman–Crippen MR) is 108 cm³/mol. The van der Waals surface area contributed by atoms with Crippen LogP contribution in [0.15, 0.2) is 36.8 Å². The van der Waals surface area contributed by atoms with Crippen LogP contribution in [0.3, 0.4) is 0 Å². The molecular weight excluding hydrogens is 399 g/mol. The van der Waals surface area contributed by atoms with Gasteiger partial charge in [0, 0.05) is 11.6 Å². The fourth-order valence-electron chi connectivity index (χ4n) is 5.27. The highest BCUT2D eigenvalue weighted by molar-refractivity contribution is 6.42. The number of rotatable bonds is 3. The van der Waals surface area contributed by atoms with Crippen LogP contribution in [-0.4, -0.2) is 37.0 Å². The Hall–Kier alpha value is -1.86. The van der Waals surface area contributed by atoms with Crippen LogP contribution in [0, 0.1) is 11.3 Å². The van der Waals surface area contributed by atoms with E-state index in [1.807, 2.05) is 29.0 Å². The molecular formula is C20H20Cl2N4O2. The zero-order valence-electron chi connectivity index (χ0n) is 15.0. The molecule has 0 saturated heterocycles. The summed E-state index contributed by atoms with van der Waals surface area (Å²) in [6.07, 6.45) is 4.01. The molecule has 6 nitrogen and oxygen atoms in total. The third-order valence-corrected chi connectivity index (χ3v) is 7.45. The molecule has 3 aromatic rings. The van der Waals surface area contributed by atoms with E-state index in [9.17, 15) is 10.2 Å². The highest BCUT2D eigenvalue weighted by Crippen LogP contribution is 2.63. The van der Waals surface area contributed by atoms with E-state index in [1.54, 1.807) is 6.07 Å². The third kappa shape index (κ3) is 2.42. The number of halogens is 2. The van der Waals surface area contributed by atoms with Gasteiger partial charge in [-0.3, -0.25) is 0 Å². The van der Waals surface area contributed by atoms with Crippen LogP contribution in [0.1, 0.15) is 24.4 Å². The van der Waals surface area contributed by atoms with Gasteiger partial charge < -0.3 is 20.5 Å². The minimum atomic E-state index is -0.887. The number of benzene rings is 1. The lowest BCUT2D eigenvalue weighted by Crippen LogP contribution is -2.47. The number of hydrogen-bond donors (Lipinski definition) is 3. The van der Waals surface area contributed by atoms with Crippen LogP contribution in [0.25, 0.3) is 11.0 Å². The minimum Gasteiger partial charge on any atom is -0.390 e. The summed E-state index contributed by atoms with van der Waals surface area (Å²) in [5, 5.41) is 23.8. The molecule has 28 heavy (non-hydrogen) atoms.